The molecule has 4 rings (SSSR count). The summed E-state index contributed by atoms with van der Waals surface area (Å²) < 4.78 is 16.5. The fourth-order valence-electron chi connectivity index (χ4n) is 2.33. The van der Waals surface area contributed by atoms with Crippen LogP contribution in [-0.2, 0) is 4.74 Å². The van der Waals surface area contributed by atoms with Gasteiger partial charge in [0.2, 0.25) is 5.82 Å². The van der Waals surface area contributed by atoms with Crippen LogP contribution in [0.4, 0.5) is 0 Å². The van der Waals surface area contributed by atoms with Gasteiger partial charge in [0.25, 0.3) is 5.89 Å². The summed E-state index contributed by atoms with van der Waals surface area (Å²) >= 11 is 0. The summed E-state index contributed by atoms with van der Waals surface area (Å²) in [6, 6.07) is 9.72. The van der Waals surface area contributed by atoms with Gasteiger partial charge in [-0.2, -0.15) is 4.98 Å². The highest BCUT2D eigenvalue weighted by Gasteiger charge is 2.24. The smallest absolute Gasteiger partial charge is 0.256 e. The van der Waals surface area contributed by atoms with E-state index in [4.69, 9.17) is 13.7 Å². The van der Waals surface area contributed by atoms with Gasteiger partial charge >= 0.3 is 0 Å². The van der Waals surface area contributed by atoms with E-state index in [1.807, 2.05) is 30.3 Å². The molecule has 1 aliphatic rings. The fraction of sp³-hybridized carbons (Fsp3) is 0.286. The van der Waals surface area contributed by atoms with E-state index in [0.29, 0.717) is 17.5 Å². The first kappa shape index (κ1) is 10.8. The van der Waals surface area contributed by atoms with E-state index < -0.39 is 0 Å². The van der Waals surface area contributed by atoms with Gasteiger partial charge in [-0.15, -0.1) is 0 Å². The third-order valence-electron chi connectivity index (χ3n) is 3.29. The Bertz CT molecular complexity index is 677. The van der Waals surface area contributed by atoms with E-state index in [1.165, 1.54) is 0 Å². The van der Waals surface area contributed by atoms with E-state index in [0.717, 1.165) is 30.4 Å². The summed E-state index contributed by atoms with van der Waals surface area (Å²) in [7, 11) is 0. The van der Waals surface area contributed by atoms with Crippen molar-refractivity contribution in [1.82, 2.24) is 10.1 Å². The number of hydrogen-bond donors (Lipinski definition) is 0. The molecule has 19 heavy (non-hydrogen) atoms. The quantitative estimate of drug-likeness (QED) is 0.703. The number of ether oxygens (including phenoxy) is 1. The van der Waals surface area contributed by atoms with Crippen LogP contribution in [0.1, 0.15) is 24.8 Å². The lowest BCUT2D eigenvalue weighted by Gasteiger charge is -2.00. The van der Waals surface area contributed by atoms with Crippen molar-refractivity contribution in [2.24, 2.45) is 0 Å². The molecule has 0 aliphatic carbocycles. The van der Waals surface area contributed by atoms with Crippen molar-refractivity contribution >= 4 is 11.0 Å². The SMILES string of the molecule is c1ccc2oc(-c3noc([C@H]4CCCO4)n3)cc2c1. The summed E-state index contributed by atoms with van der Waals surface area (Å²) in [6.45, 7) is 0.757. The Labute approximate surface area is 109 Å². The maximum atomic E-state index is 5.70. The van der Waals surface area contributed by atoms with Crippen molar-refractivity contribution < 1.29 is 13.7 Å². The number of rotatable bonds is 2. The first-order chi connectivity index (χ1) is 9.40. The largest absolute Gasteiger partial charge is 0.453 e. The number of furan rings is 1. The minimum absolute atomic E-state index is 0.0642. The Morgan fingerprint density at radius 2 is 2.16 bits per heavy atom. The van der Waals surface area contributed by atoms with Crippen molar-refractivity contribution in [1.29, 1.82) is 0 Å². The lowest BCUT2D eigenvalue weighted by molar-refractivity contribution is 0.0835. The maximum absolute atomic E-state index is 5.70. The predicted octanol–water partition coefficient (Wildman–Crippen LogP) is 3.33. The van der Waals surface area contributed by atoms with Gasteiger partial charge in [-0.3, -0.25) is 0 Å². The monoisotopic (exact) mass is 256 g/mol. The number of aromatic nitrogens is 2. The Morgan fingerprint density at radius 1 is 1.21 bits per heavy atom. The topological polar surface area (TPSA) is 61.3 Å². The van der Waals surface area contributed by atoms with Gasteiger partial charge in [-0.1, -0.05) is 23.4 Å². The molecular weight excluding hydrogens is 244 g/mol. The molecule has 0 spiro atoms. The van der Waals surface area contributed by atoms with Gasteiger partial charge in [-0.25, -0.2) is 0 Å². The molecule has 5 heteroatoms. The van der Waals surface area contributed by atoms with Crippen molar-refractivity contribution in [2.75, 3.05) is 6.61 Å². The minimum Gasteiger partial charge on any atom is -0.453 e. The van der Waals surface area contributed by atoms with Gasteiger partial charge in [0.15, 0.2) is 5.76 Å². The van der Waals surface area contributed by atoms with Gasteiger partial charge in [-0.05, 0) is 25.0 Å². The number of para-hydroxylation sites is 1. The van der Waals surface area contributed by atoms with Crippen LogP contribution in [0, 0.1) is 0 Å². The molecule has 2 aromatic heterocycles. The summed E-state index contributed by atoms with van der Waals surface area (Å²) in [4.78, 5) is 4.36. The van der Waals surface area contributed by atoms with Gasteiger partial charge in [0, 0.05) is 12.0 Å². The third-order valence-corrected chi connectivity index (χ3v) is 3.29. The zero-order valence-corrected chi connectivity index (χ0v) is 10.2. The van der Waals surface area contributed by atoms with E-state index in [9.17, 15) is 0 Å². The molecule has 1 fully saturated rings. The van der Waals surface area contributed by atoms with E-state index >= 15 is 0 Å². The molecule has 0 N–H and O–H groups in total. The van der Waals surface area contributed by atoms with Gasteiger partial charge in [0.05, 0.1) is 0 Å². The zero-order valence-electron chi connectivity index (χ0n) is 10.2. The van der Waals surface area contributed by atoms with E-state index in [1.54, 1.807) is 0 Å². The number of nitrogens with zero attached hydrogens (tertiary/aromatic N) is 2. The lowest BCUT2D eigenvalue weighted by Crippen LogP contribution is -1.95. The minimum atomic E-state index is -0.0642. The van der Waals surface area contributed by atoms with Crippen LogP contribution in [-0.4, -0.2) is 16.7 Å². The molecule has 0 unspecified atom stereocenters. The summed E-state index contributed by atoms with van der Waals surface area (Å²) in [5.74, 6) is 1.63. The highest BCUT2D eigenvalue weighted by molar-refractivity contribution is 5.81. The standard InChI is InChI=1S/C14H12N2O3/c1-2-5-10-9(4-1)8-12(18-10)13-15-14(19-16-13)11-6-3-7-17-11/h1-2,4-5,8,11H,3,6-7H2/t11-/m1/s1. The second-order valence-electron chi connectivity index (χ2n) is 4.61. The Hall–Kier alpha value is -2.14. The third kappa shape index (κ3) is 1.82. The highest BCUT2D eigenvalue weighted by atomic mass is 16.5. The Kier molecular flexibility index (Phi) is 2.38. The van der Waals surface area contributed by atoms with Crippen molar-refractivity contribution in [3.8, 4) is 11.6 Å². The normalized spacial score (nSPS) is 19.3. The van der Waals surface area contributed by atoms with Crippen molar-refractivity contribution in [3.63, 3.8) is 0 Å². The maximum Gasteiger partial charge on any atom is 0.256 e. The van der Waals surface area contributed by atoms with Crippen LogP contribution < -0.4 is 0 Å². The molecule has 1 aromatic carbocycles. The average Bonchev–Trinajstić information content (AvgIpc) is 3.17. The molecule has 3 aromatic rings. The van der Waals surface area contributed by atoms with Crippen molar-refractivity contribution in [2.45, 2.75) is 18.9 Å². The first-order valence-electron chi connectivity index (χ1n) is 6.34. The van der Waals surface area contributed by atoms with Crippen LogP contribution >= 0.6 is 0 Å². The van der Waals surface area contributed by atoms with Crippen molar-refractivity contribution in [3.05, 3.63) is 36.2 Å². The molecule has 0 bridgehead atoms. The lowest BCUT2D eigenvalue weighted by atomic mass is 10.2. The molecule has 5 nitrogen and oxygen atoms in total. The molecule has 1 saturated heterocycles. The zero-order chi connectivity index (χ0) is 12.7. The van der Waals surface area contributed by atoms with E-state index in [2.05, 4.69) is 10.1 Å². The second kappa shape index (κ2) is 4.20. The summed E-state index contributed by atoms with van der Waals surface area (Å²) in [5, 5.41) is 5.00. The molecular formula is C14H12N2O3. The summed E-state index contributed by atoms with van der Waals surface area (Å²) in [5.41, 5.74) is 0.820. The first-order valence-corrected chi connectivity index (χ1v) is 6.34. The van der Waals surface area contributed by atoms with Crippen LogP contribution in [0.2, 0.25) is 0 Å². The number of benzene rings is 1. The van der Waals surface area contributed by atoms with Crippen LogP contribution in [0.25, 0.3) is 22.6 Å². The predicted molar refractivity (Wildman–Crippen MR) is 67.4 cm³/mol. The average molecular weight is 256 g/mol. The van der Waals surface area contributed by atoms with Gasteiger partial charge in [0.1, 0.15) is 11.7 Å². The van der Waals surface area contributed by atoms with Crippen LogP contribution in [0.5, 0.6) is 0 Å². The molecule has 0 radical (unpaired) electrons. The number of fused-ring (bicyclic) bond motifs is 1. The van der Waals surface area contributed by atoms with Crippen LogP contribution in [0.15, 0.2) is 39.3 Å². The number of hydrogen-bond acceptors (Lipinski definition) is 5. The molecule has 1 atom stereocenters. The summed E-state index contributed by atoms with van der Waals surface area (Å²) in [6.07, 6.45) is 1.90. The highest BCUT2D eigenvalue weighted by Crippen LogP contribution is 2.30. The second-order valence-corrected chi connectivity index (χ2v) is 4.61. The molecule has 96 valence electrons. The van der Waals surface area contributed by atoms with Crippen LogP contribution in [0.3, 0.4) is 0 Å². The Morgan fingerprint density at radius 3 is 3.00 bits per heavy atom. The molecule has 1 aliphatic heterocycles. The van der Waals surface area contributed by atoms with E-state index in [-0.39, 0.29) is 6.10 Å². The molecule has 0 saturated carbocycles. The van der Waals surface area contributed by atoms with Gasteiger partial charge < -0.3 is 13.7 Å². The Balaban J connectivity index is 1.71. The molecule has 0 amide bonds. The fourth-order valence-corrected chi connectivity index (χ4v) is 2.33. The molecule has 3 heterocycles.